The number of esters is 1. The van der Waals surface area contributed by atoms with E-state index in [4.69, 9.17) is 8.92 Å². The van der Waals surface area contributed by atoms with Gasteiger partial charge in [0, 0.05) is 44.6 Å². The van der Waals surface area contributed by atoms with Gasteiger partial charge in [0.1, 0.15) is 5.41 Å². The van der Waals surface area contributed by atoms with E-state index in [0.29, 0.717) is 19.6 Å². The van der Waals surface area contributed by atoms with Gasteiger partial charge in [-0.3, -0.25) is 18.7 Å². The molecule has 1 aliphatic carbocycles. The van der Waals surface area contributed by atoms with Crippen LogP contribution in [-0.2, 0) is 41.7 Å². The highest BCUT2D eigenvalue weighted by Gasteiger charge is 2.62. The van der Waals surface area contributed by atoms with E-state index >= 15 is 0 Å². The Morgan fingerprint density at radius 3 is 2.23 bits per heavy atom. The molecule has 9 heteroatoms. The predicted molar refractivity (Wildman–Crippen MR) is 150 cm³/mol. The third-order valence-electron chi connectivity index (χ3n) is 7.91. The van der Waals surface area contributed by atoms with Crippen LogP contribution in [0.2, 0.25) is 0 Å². The summed E-state index contributed by atoms with van der Waals surface area (Å²) in [4.78, 5) is 29.4. The van der Waals surface area contributed by atoms with E-state index in [1.165, 1.54) is 19.2 Å². The Balaban J connectivity index is 1.50. The molecule has 3 aromatic rings. The molecule has 0 spiro atoms. The number of ketones is 1. The number of rotatable bonds is 9. The summed E-state index contributed by atoms with van der Waals surface area (Å²) in [5.41, 5.74) is 1.42. The number of piperidine rings is 1. The SMILES string of the molecule is COC(=O)[C@]12C[C@H](OS(=O)(=O)c3ccc(C)cc3)C(NCc3ccccc3)[C@H](CN(Cc3ccccc3)C1)C2=O. The molecule has 40 heavy (non-hydrogen) atoms. The largest absolute Gasteiger partial charge is 0.468 e. The number of likely N-dealkylation sites (tertiary alicyclic amines) is 1. The fourth-order valence-corrected chi connectivity index (χ4v) is 7.03. The number of methoxy groups -OCH3 is 1. The Bertz CT molecular complexity index is 1450. The van der Waals surface area contributed by atoms with Crippen LogP contribution in [0.25, 0.3) is 0 Å². The van der Waals surface area contributed by atoms with Gasteiger partial charge in [0.15, 0.2) is 5.78 Å². The minimum absolute atomic E-state index is 0.0276. The van der Waals surface area contributed by atoms with Crippen molar-refractivity contribution < 1.29 is 26.9 Å². The van der Waals surface area contributed by atoms with E-state index in [-0.39, 0.29) is 23.6 Å². The third kappa shape index (κ3) is 5.74. The lowest BCUT2D eigenvalue weighted by Gasteiger charge is -2.52. The van der Waals surface area contributed by atoms with Crippen molar-refractivity contribution in [3.8, 4) is 0 Å². The summed E-state index contributed by atoms with van der Waals surface area (Å²) in [6.07, 6.45) is -1.08. The molecule has 1 heterocycles. The van der Waals surface area contributed by atoms with Crippen molar-refractivity contribution in [2.45, 2.75) is 43.5 Å². The fourth-order valence-electron chi connectivity index (χ4n) is 5.94. The van der Waals surface area contributed by atoms with Gasteiger partial charge in [-0.25, -0.2) is 0 Å². The van der Waals surface area contributed by atoms with Gasteiger partial charge < -0.3 is 10.1 Å². The fraction of sp³-hybridized carbons (Fsp3) is 0.355. The standard InChI is InChI=1S/C31H34N2O6S/c1-22-13-15-25(16-14-22)40(36,37)39-27-17-31(30(35)38-2)21-33(19-24-11-7-4-8-12-24)20-26(29(31)34)28(27)32-18-23-9-5-3-6-10-23/h3-16,26-28,32H,17-21H2,1-2H3/t26-,27-,28?,31+/m0/s1. The molecule has 2 bridgehead atoms. The monoisotopic (exact) mass is 562 g/mol. The molecule has 8 nitrogen and oxygen atoms in total. The summed E-state index contributed by atoms with van der Waals surface area (Å²) in [6.45, 7) is 3.30. The first-order valence-electron chi connectivity index (χ1n) is 13.4. The maximum Gasteiger partial charge on any atom is 0.320 e. The summed E-state index contributed by atoms with van der Waals surface area (Å²) in [6, 6.07) is 25.3. The Morgan fingerprint density at radius 2 is 1.60 bits per heavy atom. The summed E-state index contributed by atoms with van der Waals surface area (Å²) < 4.78 is 37.9. The lowest BCUT2D eigenvalue weighted by Crippen LogP contribution is -2.69. The van der Waals surface area contributed by atoms with Crippen molar-refractivity contribution in [2.75, 3.05) is 20.2 Å². The first-order valence-corrected chi connectivity index (χ1v) is 14.8. The van der Waals surface area contributed by atoms with E-state index in [2.05, 4.69) is 10.2 Å². The molecule has 1 aliphatic heterocycles. The number of fused-ring (bicyclic) bond motifs is 2. The molecule has 0 radical (unpaired) electrons. The molecule has 1 saturated heterocycles. The van der Waals surface area contributed by atoms with Gasteiger partial charge in [-0.2, -0.15) is 8.42 Å². The maximum atomic E-state index is 14.0. The second-order valence-corrected chi connectivity index (χ2v) is 12.3. The van der Waals surface area contributed by atoms with Crippen LogP contribution in [0, 0.1) is 18.3 Å². The summed E-state index contributed by atoms with van der Waals surface area (Å²) in [5, 5.41) is 3.43. The molecule has 1 unspecified atom stereocenters. The van der Waals surface area contributed by atoms with Crippen LogP contribution >= 0.6 is 0 Å². The van der Waals surface area contributed by atoms with Gasteiger partial charge in [-0.05, 0) is 30.2 Å². The second kappa shape index (κ2) is 11.6. The van der Waals surface area contributed by atoms with Crippen molar-refractivity contribution >= 4 is 21.9 Å². The molecule has 2 aliphatic rings. The quantitative estimate of drug-likeness (QED) is 0.240. The van der Waals surface area contributed by atoms with Gasteiger partial charge in [0.05, 0.1) is 18.1 Å². The Labute approximate surface area is 235 Å². The number of hydrogen-bond acceptors (Lipinski definition) is 8. The number of benzene rings is 3. The molecule has 0 amide bonds. The molecule has 1 N–H and O–H groups in total. The van der Waals surface area contributed by atoms with Crippen LogP contribution in [0.3, 0.4) is 0 Å². The number of nitrogens with zero attached hydrogens (tertiary/aromatic N) is 1. The van der Waals surface area contributed by atoms with Crippen LogP contribution in [-0.4, -0.2) is 57.4 Å². The number of ether oxygens (including phenoxy) is 1. The number of aryl methyl sites for hydroxylation is 1. The van der Waals surface area contributed by atoms with E-state index in [9.17, 15) is 18.0 Å². The van der Waals surface area contributed by atoms with Crippen LogP contribution < -0.4 is 5.32 Å². The number of Topliss-reactive ketones (excluding diaryl/α,β-unsaturated/α-hetero) is 1. The van der Waals surface area contributed by atoms with Crippen molar-refractivity contribution in [3.05, 3.63) is 102 Å². The number of nitrogens with one attached hydrogen (secondary N) is 1. The van der Waals surface area contributed by atoms with Crippen molar-refractivity contribution in [2.24, 2.45) is 11.3 Å². The van der Waals surface area contributed by atoms with Gasteiger partial charge in [-0.15, -0.1) is 0 Å². The van der Waals surface area contributed by atoms with Gasteiger partial charge in [-0.1, -0.05) is 78.4 Å². The van der Waals surface area contributed by atoms with Gasteiger partial charge in [0.25, 0.3) is 10.1 Å². The predicted octanol–water partition coefficient (Wildman–Crippen LogP) is 3.49. The topological polar surface area (TPSA) is 102 Å². The first-order chi connectivity index (χ1) is 19.2. The zero-order valence-corrected chi connectivity index (χ0v) is 23.5. The normalized spacial score (nSPS) is 24.9. The zero-order valence-electron chi connectivity index (χ0n) is 22.7. The molecule has 2 fully saturated rings. The average molecular weight is 563 g/mol. The molecular weight excluding hydrogens is 528 g/mol. The van der Waals surface area contributed by atoms with E-state index in [1.807, 2.05) is 67.6 Å². The van der Waals surface area contributed by atoms with Crippen molar-refractivity contribution in [1.29, 1.82) is 0 Å². The molecule has 210 valence electrons. The average Bonchev–Trinajstić information content (AvgIpc) is 2.95. The molecule has 0 aromatic heterocycles. The van der Waals surface area contributed by atoms with Crippen LogP contribution in [0.5, 0.6) is 0 Å². The number of carbonyl (C=O) groups is 2. The maximum absolute atomic E-state index is 14.0. The Hall–Kier alpha value is -3.37. The minimum atomic E-state index is -4.18. The van der Waals surface area contributed by atoms with Crippen LogP contribution in [0.15, 0.2) is 89.8 Å². The Morgan fingerprint density at radius 1 is 0.975 bits per heavy atom. The smallest absolute Gasteiger partial charge is 0.320 e. The molecule has 4 atom stereocenters. The summed E-state index contributed by atoms with van der Waals surface area (Å²) in [7, 11) is -2.92. The molecule has 1 saturated carbocycles. The van der Waals surface area contributed by atoms with E-state index < -0.39 is 39.6 Å². The van der Waals surface area contributed by atoms with E-state index in [1.54, 1.807) is 12.1 Å². The summed E-state index contributed by atoms with van der Waals surface area (Å²) in [5.74, 6) is -1.59. The third-order valence-corrected chi connectivity index (χ3v) is 9.26. The van der Waals surface area contributed by atoms with Gasteiger partial charge in [0.2, 0.25) is 0 Å². The number of hydrogen-bond donors (Lipinski definition) is 1. The van der Waals surface area contributed by atoms with Crippen molar-refractivity contribution in [3.63, 3.8) is 0 Å². The molecule has 3 aromatic carbocycles. The summed E-state index contributed by atoms with van der Waals surface area (Å²) >= 11 is 0. The lowest BCUT2D eigenvalue weighted by atomic mass is 9.62. The molecule has 5 rings (SSSR count). The van der Waals surface area contributed by atoms with Crippen molar-refractivity contribution in [1.82, 2.24) is 10.2 Å². The lowest BCUT2D eigenvalue weighted by molar-refractivity contribution is -0.174. The second-order valence-electron chi connectivity index (χ2n) is 10.7. The highest BCUT2D eigenvalue weighted by Crippen LogP contribution is 2.44. The molecular formula is C31H34N2O6S. The van der Waals surface area contributed by atoms with Crippen LogP contribution in [0.4, 0.5) is 0 Å². The highest BCUT2D eigenvalue weighted by atomic mass is 32.2. The Kier molecular flexibility index (Phi) is 8.19. The van der Waals surface area contributed by atoms with E-state index in [0.717, 1.165) is 16.7 Å². The highest BCUT2D eigenvalue weighted by molar-refractivity contribution is 7.86. The number of carbonyl (C=O) groups excluding carboxylic acids is 2. The van der Waals surface area contributed by atoms with Gasteiger partial charge >= 0.3 is 5.97 Å². The van der Waals surface area contributed by atoms with Crippen LogP contribution in [0.1, 0.15) is 23.1 Å². The zero-order chi connectivity index (χ0) is 28.3. The first kappa shape index (κ1) is 28.2. The minimum Gasteiger partial charge on any atom is -0.468 e.